The molecular formula is C33H24FN5O7. The van der Waals surface area contributed by atoms with Crippen molar-refractivity contribution in [2.24, 2.45) is 5.10 Å². The molecule has 0 saturated carbocycles. The van der Waals surface area contributed by atoms with Gasteiger partial charge in [-0.3, -0.25) is 19.7 Å². The van der Waals surface area contributed by atoms with Gasteiger partial charge in [0.2, 0.25) is 11.6 Å². The molecule has 0 aliphatic rings. The molecule has 230 valence electrons. The number of para-hydroxylation sites is 2. The lowest BCUT2D eigenvalue weighted by atomic mass is 10.2. The Hall–Kier alpha value is -6.37. The van der Waals surface area contributed by atoms with Crippen molar-refractivity contribution >= 4 is 45.4 Å². The van der Waals surface area contributed by atoms with E-state index in [4.69, 9.17) is 13.9 Å². The van der Waals surface area contributed by atoms with Crippen molar-refractivity contribution in [2.45, 2.75) is 6.92 Å². The molecule has 0 fully saturated rings. The molecule has 0 atom stereocenters. The topological polar surface area (TPSA) is 151 Å². The zero-order chi connectivity index (χ0) is 32.2. The zero-order valence-electron chi connectivity index (χ0n) is 24.2. The summed E-state index contributed by atoms with van der Waals surface area (Å²) in [5.74, 6) is -0.967. The van der Waals surface area contributed by atoms with Crippen molar-refractivity contribution in [2.75, 3.05) is 18.5 Å². The maximum Gasteiger partial charge on any atom is 0.315 e. The van der Waals surface area contributed by atoms with Gasteiger partial charge in [-0.05, 0) is 61.5 Å². The number of halogens is 1. The summed E-state index contributed by atoms with van der Waals surface area (Å²) in [6.45, 7) is 1.21. The number of amides is 1. The summed E-state index contributed by atoms with van der Waals surface area (Å²) in [5.41, 5.74) is 0.575. The lowest BCUT2D eigenvalue weighted by Crippen LogP contribution is -2.21. The van der Waals surface area contributed by atoms with Crippen molar-refractivity contribution < 1.29 is 28.0 Å². The number of rotatable bonds is 10. The number of ether oxygens (including phenoxy) is 2. The van der Waals surface area contributed by atoms with Crippen molar-refractivity contribution in [3.05, 3.63) is 123 Å². The van der Waals surface area contributed by atoms with Crippen molar-refractivity contribution in [1.82, 2.24) is 9.66 Å². The monoisotopic (exact) mass is 621 g/mol. The Bertz CT molecular complexity index is 2160. The molecular weight excluding hydrogens is 597 g/mol. The summed E-state index contributed by atoms with van der Waals surface area (Å²) in [6.07, 6.45) is 1.25. The molecule has 2 aromatic heterocycles. The van der Waals surface area contributed by atoms with E-state index in [1.807, 2.05) is 18.2 Å². The minimum Gasteiger partial charge on any atom is -0.490 e. The molecule has 6 rings (SSSR count). The quantitative estimate of drug-likeness (QED) is 0.109. The number of carbonyl (C=O) groups excluding carboxylic acids is 1. The van der Waals surface area contributed by atoms with E-state index in [0.29, 0.717) is 27.9 Å². The molecule has 1 N–H and O–H groups in total. The number of hydrogen-bond donors (Lipinski definition) is 1. The molecule has 0 radical (unpaired) electrons. The van der Waals surface area contributed by atoms with Crippen LogP contribution in [0.15, 0.2) is 105 Å². The second-order valence-electron chi connectivity index (χ2n) is 9.86. The van der Waals surface area contributed by atoms with E-state index in [1.165, 1.54) is 42.6 Å². The van der Waals surface area contributed by atoms with Gasteiger partial charge < -0.3 is 19.2 Å². The molecule has 0 aliphatic heterocycles. The number of nitrogens with one attached hydrogen (secondary N) is 1. The smallest absolute Gasteiger partial charge is 0.315 e. The Morgan fingerprint density at radius 3 is 2.59 bits per heavy atom. The number of fused-ring (bicyclic) bond motifs is 2. The van der Waals surface area contributed by atoms with E-state index < -0.39 is 34.5 Å². The average molecular weight is 622 g/mol. The number of carbonyl (C=O) groups is 1. The van der Waals surface area contributed by atoms with Crippen LogP contribution in [0, 0.1) is 15.9 Å². The first-order valence-corrected chi connectivity index (χ1v) is 14.0. The Morgan fingerprint density at radius 1 is 1.07 bits per heavy atom. The van der Waals surface area contributed by atoms with E-state index in [1.54, 1.807) is 43.3 Å². The maximum absolute atomic E-state index is 13.6. The summed E-state index contributed by atoms with van der Waals surface area (Å²) in [4.78, 5) is 42.2. The molecule has 0 aliphatic carbocycles. The van der Waals surface area contributed by atoms with Crippen LogP contribution in [-0.4, -0.2) is 39.9 Å². The SMILES string of the molecule is CCOc1cc(C=Nn2c(-c3cc4ccccc4o3)nc3ccccc3c2=O)cc([N+](=O)[O-])c1OCC(=O)Nc1ccc(F)cc1. The number of nitrogens with zero attached hydrogens (tertiary/aromatic N) is 4. The molecule has 12 nitrogen and oxygen atoms in total. The maximum atomic E-state index is 13.6. The van der Waals surface area contributed by atoms with Gasteiger partial charge in [0.25, 0.3) is 11.5 Å². The summed E-state index contributed by atoms with van der Waals surface area (Å²) >= 11 is 0. The zero-order valence-corrected chi connectivity index (χ0v) is 24.2. The predicted octanol–water partition coefficient (Wildman–Crippen LogP) is 6.16. The first-order chi connectivity index (χ1) is 22.3. The fourth-order valence-electron chi connectivity index (χ4n) is 4.70. The Morgan fingerprint density at radius 2 is 1.83 bits per heavy atom. The van der Waals surface area contributed by atoms with E-state index in [-0.39, 0.29) is 29.5 Å². The molecule has 0 bridgehead atoms. The standard InChI is InChI=1S/C33H24FN5O7/c1-2-44-28-16-20(15-26(39(42)43)31(28)45-19-30(40)36-23-13-11-22(34)12-14-23)18-35-38-32(29-17-21-7-3-6-10-27(21)46-29)37-25-9-5-4-8-24(25)33(38)41/h3-18H,2,19H2,1H3,(H,36,40). The third-order valence-electron chi connectivity index (χ3n) is 6.75. The van der Waals surface area contributed by atoms with E-state index >= 15 is 0 Å². The predicted molar refractivity (Wildman–Crippen MR) is 169 cm³/mol. The molecule has 2 heterocycles. The Kier molecular flexibility index (Phi) is 8.20. The molecule has 46 heavy (non-hydrogen) atoms. The summed E-state index contributed by atoms with van der Waals surface area (Å²) in [7, 11) is 0. The third kappa shape index (κ3) is 6.15. The summed E-state index contributed by atoms with van der Waals surface area (Å²) in [5, 5.41) is 20.1. The first-order valence-electron chi connectivity index (χ1n) is 14.0. The highest BCUT2D eigenvalue weighted by atomic mass is 19.1. The van der Waals surface area contributed by atoms with Crippen LogP contribution >= 0.6 is 0 Å². The number of nitro groups is 1. The summed E-state index contributed by atoms with van der Waals surface area (Å²) in [6, 6.07) is 23.6. The minimum atomic E-state index is -0.684. The van der Waals surface area contributed by atoms with Crippen LogP contribution in [0.3, 0.4) is 0 Å². The number of benzene rings is 4. The van der Waals surface area contributed by atoms with Gasteiger partial charge in [0, 0.05) is 22.7 Å². The number of furan rings is 1. The van der Waals surface area contributed by atoms with Gasteiger partial charge in [-0.25, -0.2) is 9.37 Å². The van der Waals surface area contributed by atoms with E-state index in [0.717, 1.165) is 10.1 Å². The fraction of sp³-hybridized carbons (Fsp3) is 0.0909. The number of nitro benzene ring substituents is 1. The lowest BCUT2D eigenvalue weighted by molar-refractivity contribution is -0.385. The van der Waals surface area contributed by atoms with Crippen molar-refractivity contribution in [3.63, 3.8) is 0 Å². The normalized spacial score (nSPS) is 11.3. The van der Waals surface area contributed by atoms with E-state index in [2.05, 4.69) is 15.4 Å². The first kappa shape index (κ1) is 29.7. The highest BCUT2D eigenvalue weighted by Crippen LogP contribution is 2.38. The van der Waals surface area contributed by atoms with Crippen LogP contribution in [0.5, 0.6) is 11.5 Å². The van der Waals surface area contributed by atoms with Crippen LogP contribution in [-0.2, 0) is 4.79 Å². The molecule has 1 amide bonds. The van der Waals surface area contributed by atoms with Gasteiger partial charge in [-0.2, -0.15) is 9.78 Å². The molecule has 0 spiro atoms. The van der Waals surface area contributed by atoms with Crippen LogP contribution in [0.2, 0.25) is 0 Å². The van der Waals surface area contributed by atoms with Crippen LogP contribution in [0.25, 0.3) is 33.5 Å². The molecule has 0 saturated heterocycles. The van der Waals surface area contributed by atoms with E-state index in [9.17, 15) is 24.1 Å². The van der Waals surface area contributed by atoms with Crippen molar-refractivity contribution in [1.29, 1.82) is 0 Å². The number of anilines is 1. The molecule has 13 heteroatoms. The average Bonchev–Trinajstić information content (AvgIpc) is 3.49. The van der Waals surface area contributed by atoms with Crippen LogP contribution in [0.1, 0.15) is 12.5 Å². The lowest BCUT2D eigenvalue weighted by Gasteiger charge is -2.13. The van der Waals surface area contributed by atoms with Gasteiger partial charge in [-0.1, -0.05) is 30.3 Å². The number of aromatic nitrogens is 2. The molecule has 4 aromatic carbocycles. The molecule has 6 aromatic rings. The number of hydrogen-bond acceptors (Lipinski definition) is 9. The Labute approximate surface area is 259 Å². The molecule has 0 unspecified atom stereocenters. The van der Waals surface area contributed by atoms with Crippen molar-refractivity contribution in [3.8, 4) is 23.1 Å². The second kappa shape index (κ2) is 12.7. The van der Waals surface area contributed by atoms with Crippen LogP contribution < -0.4 is 20.3 Å². The highest BCUT2D eigenvalue weighted by molar-refractivity contribution is 5.92. The van der Waals surface area contributed by atoms with Crippen LogP contribution in [0.4, 0.5) is 15.8 Å². The fourth-order valence-corrected chi connectivity index (χ4v) is 4.70. The highest BCUT2D eigenvalue weighted by Gasteiger charge is 2.24. The minimum absolute atomic E-state index is 0.0192. The van der Waals surface area contributed by atoms with Gasteiger partial charge in [0.1, 0.15) is 11.4 Å². The van der Waals surface area contributed by atoms with Gasteiger partial charge in [0.15, 0.2) is 18.1 Å². The largest absolute Gasteiger partial charge is 0.490 e. The Balaban J connectivity index is 1.37. The third-order valence-corrected chi connectivity index (χ3v) is 6.75. The van der Waals surface area contributed by atoms with Gasteiger partial charge in [-0.15, -0.1) is 0 Å². The van der Waals surface area contributed by atoms with Gasteiger partial charge in [0.05, 0.1) is 28.6 Å². The summed E-state index contributed by atoms with van der Waals surface area (Å²) < 4.78 is 31.4. The second-order valence-corrected chi connectivity index (χ2v) is 9.86. The van der Waals surface area contributed by atoms with Gasteiger partial charge >= 0.3 is 5.69 Å².